The van der Waals surface area contributed by atoms with Crippen LogP contribution in [0.1, 0.15) is 53.7 Å². The van der Waals surface area contributed by atoms with Crippen LogP contribution in [0.25, 0.3) is 22.0 Å². The van der Waals surface area contributed by atoms with Crippen molar-refractivity contribution in [3.8, 4) is 11.1 Å². The highest BCUT2D eigenvalue weighted by atomic mass is 19.1. The van der Waals surface area contributed by atoms with Crippen LogP contribution in [0.3, 0.4) is 0 Å². The van der Waals surface area contributed by atoms with Gasteiger partial charge in [-0.3, -0.25) is 14.8 Å². The van der Waals surface area contributed by atoms with Gasteiger partial charge in [0.1, 0.15) is 11.6 Å². The number of likely N-dealkylation sites (tertiary alicyclic amines) is 1. The number of nitrogens with one attached hydrogen (secondary N) is 2. The Labute approximate surface area is 233 Å². The van der Waals surface area contributed by atoms with Crippen molar-refractivity contribution in [2.75, 3.05) is 36.4 Å². The number of hydrogen-bond donors (Lipinski definition) is 3. The molecule has 9 heteroatoms. The summed E-state index contributed by atoms with van der Waals surface area (Å²) in [6.07, 6.45) is 6.48. The van der Waals surface area contributed by atoms with Crippen LogP contribution in [0.4, 0.5) is 15.9 Å². The van der Waals surface area contributed by atoms with Crippen molar-refractivity contribution in [3.63, 3.8) is 0 Å². The maximum atomic E-state index is 15.0. The van der Waals surface area contributed by atoms with E-state index in [4.69, 9.17) is 0 Å². The molecule has 0 radical (unpaired) electrons. The number of H-pyrrole nitrogens is 1. The number of nitrogens with zero attached hydrogens (tertiary/aromatic N) is 4. The number of halogens is 1. The molecule has 40 heavy (non-hydrogen) atoms. The quantitative estimate of drug-likeness (QED) is 0.307. The normalized spacial score (nSPS) is 16.9. The largest absolute Gasteiger partial charge is 0.393 e. The van der Waals surface area contributed by atoms with E-state index in [1.54, 1.807) is 19.2 Å². The predicted molar refractivity (Wildman–Crippen MR) is 155 cm³/mol. The molecule has 0 spiro atoms. The van der Waals surface area contributed by atoms with Crippen LogP contribution in [0.15, 0.2) is 48.7 Å². The fourth-order valence-corrected chi connectivity index (χ4v) is 5.79. The van der Waals surface area contributed by atoms with Crippen molar-refractivity contribution in [1.29, 1.82) is 0 Å². The lowest BCUT2D eigenvalue weighted by molar-refractivity contribution is 0.102. The van der Waals surface area contributed by atoms with Gasteiger partial charge >= 0.3 is 0 Å². The molecule has 0 aliphatic carbocycles. The first-order valence-electron chi connectivity index (χ1n) is 14.1. The summed E-state index contributed by atoms with van der Waals surface area (Å²) < 4.78 is 15.0. The molecule has 0 saturated carbocycles. The van der Waals surface area contributed by atoms with Crippen LogP contribution in [0, 0.1) is 12.7 Å². The molecule has 2 aromatic heterocycles. The highest BCUT2D eigenvalue weighted by Crippen LogP contribution is 2.31. The third-order valence-corrected chi connectivity index (χ3v) is 8.14. The van der Waals surface area contributed by atoms with E-state index in [2.05, 4.69) is 36.4 Å². The zero-order chi connectivity index (χ0) is 27.6. The first-order valence-corrected chi connectivity index (χ1v) is 14.1. The maximum absolute atomic E-state index is 15.0. The first-order chi connectivity index (χ1) is 19.4. The van der Waals surface area contributed by atoms with Crippen molar-refractivity contribution < 1.29 is 14.3 Å². The fourth-order valence-electron chi connectivity index (χ4n) is 5.79. The van der Waals surface area contributed by atoms with E-state index in [0.29, 0.717) is 16.6 Å². The Balaban J connectivity index is 1.22. The Morgan fingerprint density at radius 3 is 2.62 bits per heavy atom. The molecule has 0 bridgehead atoms. The molecule has 2 aromatic carbocycles. The van der Waals surface area contributed by atoms with Crippen LogP contribution in [-0.4, -0.2) is 63.4 Å². The monoisotopic (exact) mass is 542 g/mol. The lowest BCUT2D eigenvalue weighted by atomic mass is 9.95. The fraction of sp³-hybridized carbons (Fsp3) is 0.387. The van der Waals surface area contributed by atoms with Gasteiger partial charge in [-0.15, -0.1) is 0 Å². The van der Waals surface area contributed by atoms with Gasteiger partial charge in [0.2, 0.25) is 0 Å². The molecule has 1 amide bonds. The van der Waals surface area contributed by atoms with Gasteiger partial charge in [0.15, 0.2) is 5.69 Å². The predicted octanol–water partition coefficient (Wildman–Crippen LogP) is 5.27. The van der Waals surface area contributed by atoms with E-state index >= 15 is 4.39 Å². The number of aliphatic hydroxyl groups is 1. The first kappa shape index (κ1) is 26.4. The van der Waals surface area contributed by atoms with Crippen LogP contribution >= 0.6 is 0 Å². The summed E-state index contributed by atoms with van der Waals surface area (Å²) in [4.78, 5) is 22.3. The number of benzene rings is 2. The second-order valence-corrected chi connectivity index (χ2v) is 11.0. The average Bonchev–Trinajstić information content (AvgIpc) is 3.40. The zero-order valence-electron chi connectivity index (χ0n) is 22.8. The standard InChI is InChI=1S/C31H35FN6O2/c1-20-25(15-21(16-27(20)32)19-37-11-3-2-4-12-37)22-5-7-28-26(17-22)30(36-35-28)31(40)34-23-6-8-29(33-18-23)38-13-9-24(39)10-14-38/h5-8,15-18,24,39H,2-4,9-14,19H2,1H3,(H,34,40)(H,35,36). The van der Waals surface area contributed by atoms with Gasteiger partial charge in [0.05, 0.1) is 23.5 Å². The number of carbonyl (C=O) groups excluding carboxylic acids is 1. The van der Waals surface area contributed by atoms with Crippen molar-refractivity contribution in [1.82, 2.24) is 20.1 Å². The summed E-state index contributed by atoms with van der Waals surface area (Å²) in [5.74, 6) is 0.261. The molecule has 2 fully saturated rings. The minimum atomic E-state index is -0.346. The number of anilines is 2. The van der Waals surface area contributed by atoms with Crippen molar-refractivity contribution in [2.45, 2.75) is 51.7 Å². The highest BCUT2D eigenvalue weighted by Gasteiger charge is 2.20. The number of piperidine rings is 2. The number of aromatic nitrogens is 3. The van der Waals surface area contributed by atoms with E-state index in [9.17, 15) is 9.90 Å². The Morgan fingerprint density at radius 1 is 1.07 bits per heavy atom. The number of aromatic amines is 1. The van der Waals surface area contributed by atoms with Crippen molar-refractivity contribution >= 4 is 28.3 Å². The Hall–Kier alpha value is -3.82. The molecule has 2 aliphatic rings. The highest BCUT2D eigenvalue weighted by molar-refractivity contribution is 6.11. The van der Waals surface area contributed by atoms with E-state index in [0.717, 1.165) is 73.6 Å². The molecule has 0 unspecified atom stereocenters. The lowest BCUT2D eigenvalue weighted by Crippen LogP contribution is -2.36. The number of carbonyl (C=O) groups is 1. The molecule has 208 valence electrons. The van der Waals surface area contributed by atoms with Gasteiger partial charge in [-0.2, -0.15) is 5.10 Å². The average molecular weight is 543 g/mol. The molecule has 3 N–H and O–H groups in total. The summed E-state index contributed by atoms with van der Waals surface area (Å²) in [5.41, 5.74) is 4.80. The number of hydrogen-bond acceptors (Lipinski definition) is 6. The van der Waals surface area contributed by atoms with Gasteiger partial charge < -0.3 is 15.3 Å². The van der Waals surface area contributed by atoms with Crippen molar-refractivity contribution in [2.24, 2.45) is 0 Å². The summed E-state index contributed by atoms with van der Waals surface area (Å²) in [7, 11) is 0. The molecule has 6 rings (SSSR count). The van der Waals surface area contributed by atoms with E-state index in [-0.39, 0.29) is 23.5 Å². The third kappa shape index (κ3) is 5.57. The van der Waals surface area contributed by atoms with Gasteiger partial charge in [-0.1, -0.05) is 12.5 Å². The number of amides is 1. The molecule has 4 aromatic rings. The number of fused-ring (bicyclic) bond motifs is 1. The minimum Gasteiger partial charge on any atom is -0.393 e. The van der Waals surface area contributed by atoms with Crippen LogP contribution in [0.2, 0.25) is 0 Å². The molecular formula is C31H35FN6O2. The molecule has 2 aliphatic heterocycles. The topological polar surface area (TPSA) is 97.4 Å². The Morgan fingerprint density at radius 2 is 1.88 bits per heavy atom. The zero-order valence-corrected chi connectivity index (χ0v) is 22.8. The van der Waals surface area contributed by atoms with E-state index < -0.39 is 0 Å². The summed E-state index contributed by atoms with van der Waals surface area (Å²) in [6.45, 7) is 6.14. The Kier molecular flexibility index (Phi) is 7.49. The molecule has 2 saturated heterocycles. The minimum absolute atomic E-state index is 0.216. The smallest absolute Gasteiger partial charge is 0.276 e. The second-order valence-electron chi connectivity index (χ2n) is 11.0. The number of rotatable bonds is 6. The van der Waals surface area contributed by atoms with Gasteiger partial charge in [-0.25, -0.2) is 9.37 Å². The summed E-state index contributed by atoms with van der Waals surface area (Å²) >= 11 is 0. The van der Waals surface area contributed by atoms with Gasteiger partial charge in [0.25, 0.3) is 5.91 Å². The summed E-state index contributed by atoms with van der Waals surface area (Å²) in [5, 5.41) is 20.6. The van der Waals surface area contributed by atoms with Gasteiger partial charge in [-0.05, 0) is 104 Å². The van der Waals surface area contributed by atoms with E-state index in [1.807, 2.05) is 30.3 Å². The molecule has 0 atom stereocenters. The van der Waals surface area contributed by atoms with Gasteiger partial charge in [0, 0.05) is 25.0 Å². The van der Waals surface area contributed by atoms with E-state index in [1.165, 1.54) is 19.3 Å². The molecular weight excluding hydrogens is 507 g/mol. The lowest BCUT2D eigenvalue weighted by Gasteiger charge is -2.30. The Bertz CT molecular complexity index is 1500. The van der Waals surface area contributed by atoms with Crippen LogP contribution in [-0.2, 0) is 6.54 Å². The number of aliphatic hydroxyl groups excluding tert-OH is 1. The van der Waals surface area contributed by atoms with Crippen molar-refractivity contribution in [3.05, 3.63) is 71.3 Å². The maximum Gasteiger partial charge on any atom is 0.276 e. The second kappa shape index (κ2) is 11.3. The summed E-state index contributed by atoms with van der Waals surface area (Å²) in [6, 6.07) is 13.2. The molecule has 8 nitrogen and oxygen atoms in total. The number of pyridine rings is 1. The molecule has 4 heterocycles. The van der Waals surface area contributed by atoms with Crippen LogP contribution in [0.5, 0.6) is 0 Å². The van der Waals surface area contributed by atoms with Crippen LogP contribution < -0.4 is 10.2 Å². The SMILES string of the molecule is Cc1c(F)cc(CN2CCCCC2)cc1-c1ccc2[nH]nc(C(=O)Nc3ccc(N4CCC(O)CC4)nc3)c2c1. The third-order valence-electron chi connectivity index (χ3n) is 8.14.